The molecule has 6 heterocycles. The van der Waals surface area contributed by atoms with Crippen molar-refractivity contribution in [2.45, 2.75) is 73.6 Å². The number of pyridine rings is 4. The summed E-state index contributed by atoms with van der Waals surface area (Å²) in [5.74, 6) is 0.926. The molecule has 0 aliphatic carbocycles. The molecule has 3 N–H and O–H groups in total. The lowest BCUT2D eigenvalue weighted by Crippen LogP contribution is -2.18. The Morgan fingerprint density at radius 1 is 0.672 bits per heavy atom. The number of thiophene rings is 2. The average Bonchev–Trinajstić information content (AvgIpc) is 3.92. The maximum atomic E-state index is 12.5. The van der Waals surface area contributed by atoms with Crippen molar-refractivity contribution in [2.24, 2.45) is 0 Å². The number of nitrogens with zero attached hydrogens (tertiary/aromatic N) is 3. The van der Waals surface area contributed by atoms with Gasteiger partial charge in [-0.25, -0.2) is 0 Å². The predicted octanol–water partition coefficient (Wildman–Crippen LogP) is 11.1. The summed E-state index contributed by atoms with van der Waals surface area (Å²) in [7, 11) is 6.19. The van der Waals surface area contributed by atoms with Crippen LogP contribution in [0.15, 0.2) is 81.0 Å². The first-order valence-electron chi connectivity index (χ1n) is 20.2. The van der Waals surface area contributed by atoms with Gasteiger partial charge in [-0.1, -0.05) is 83.1 Å². The number of benzene rings is 2. The number of H-pyrrole nitrogens is 2. The van der Waals surface area contributed by atoms with Gasteiger partial charge in [0.15, 0.2) is 0 Å². The molecule has 0 aliphatic heterocycles. The molecule has 0 aliphatic rings. The highest BCUT2D eigenvalue weighted by Gasteiger charge is 2.20. The molecule has 302 valence electrons. The van der Waals surface area contributed by atoms with Gasteiger partial charge in [-0.2, -0.15) is 0 Å². The molecule has 0 amide bonds. The summed E-state index contributed by atoms with van der Waals surface area (Å²) < 4.78 is 1.55. The average molecular weight is 813 g/mol. The Morgan fingerprint density at radius 2 is 1.14 bits per heavy atom. The fourth-order valence-electron chi connectivity index (χ4n) is 8.12. The number of aromatic amines is 2. The van der Waals surface area contributed by atoms with Crippen LogP contribution in [0.1, 0.15) is 80.4 Å². The number of aromatic nitrogens is 4. The smallest absolute Gasteiger partial charge is 0.266 e. The zero-order valence-corrected chi connectivity index (χ0v) is 37.3. The molecule has 58 heavy (non-hydrogen) atoms. The van der Waals surface area contributed by atoms with E-state index in [0.29, 0.717) is 11.8 Å². The third-order valence-corrected chi connectivity index (χ3v) is 12.6. The van der Waals surface area contributed by atoms with Crippen molar-refractivity contribution in [1.82, 2.24) is 30.2 Å². The van der Waals surface area contributed by atoms with E-state index in [1.807, 2.05) is 58.5 Å². The molecule has 0 radical (unpaired) electrons. The highest BCUT2D eigenvalue weighted by atomic mass is 32.1. The van der Waals surface area contributed by atoms with Gasteiger partial charge in [0.05, 0.1) is 22.4 Å². The Kier molecular flexibility index (Phi) is 13.4. The van der Waals surface area contributed by atoms with E-state index in [4.69, 9.17) is 9.97 Å². The van der Waals surface area contributed by atoms with E-state index in [0.717, 1.165) is 107 Å². The molecule has 2 aromatic carbocycles. The van der Waals surface area contributed by atoms with Gasteiger partial charge in [0.25, 0.3) is 11.1 Å². The van der Waals surface area contributed by atoms with Crippen LogP contribution in [0.5, 0.6) is 0 Å². The molecule has 2 unspecified atom stereocenters. The van der Waals surface area contributed by atoms with Crippen molar-refractivity contribution in [1.29, 1.82) is 0 Å². The maximum Gasteiger partial charge on any atom is 0.266 e. The summed E-state index contributed by atoms with van der Waals surface area (Å²) >= 11 is 2.98. The maximum absolute atomic E-state index is 12.5. The van der Waals surface area contributed by atoms with E-state index in [2.05, 4.69) is 110 Å². The molecule has 0 saturated carbocycles. The van der Waals surface area contributed by atoms with Crippen molar-refractivity contribution >= 4 is 64.7 Å². The van der Waals surface area contributed by atoms with Crippen molar-refractivity contribution in [3.05, 3.63) is 126 Å². The molecule has 2 atom stereocenters. The second-order valence-corrected chi connectivity index (χ2v) is 17.0. The van der Waals surface area contributed by atoms with Crippen LogP contribution in [-0.4, -0.2) is 59.1 Å². The summed E-state index contributed by atoms with van der Waals surface area (Å²) in [4.78, 5) is 42.9. The minimum absolute atomic E-state index is 0.0320. The van der Waals surface area contributed by atoms with E-state index >= 15 is 0 Å². The largest absolute Gasteiger partial charge is 0.319 e. The summed E-state index contributed by atoms with van der Waals surface area (Å²) in [6.07, 6.45) is 0.843. The number of nitrogens with one attached hydrogen (secondary N) is 3. The summed E-state index contributed by atoms with van der Waals surface area (Å²) in [5, 5.41) is 11.4. The molecule has 8 rings (SSSR count). The molecular weight excluding hydrogens is 757 g/mol. The second kappa shape index (κ2) is 18.3. The van der Waals surface area contributed by atoms with Gasteiger partial charge in [-0.15, -0.1) is 22.7 Å². The van der Waals surface area contributed by atoms with E-state index in [1.54, 1.807) is 0 Å². The number of fused-ring (bicyclic) bond motifs is 6. The van der Waals surface area contributed by atoms with Gasteiger partial charge >= 0.3 is 0 Å². The van der Waals surface area contributed by atoms with Crippen molar-refractivity contribution in [3.8, 4) is 22.3 Å². The SMILES string of the molecule is CC.CCc1nc(C)c2[nH]c(=O)c3sccc3c2c1-c1ccc(C(C)CN(C)C)cc1.CNCC(C)c1ccc(-c2c(C)nc(C)c3[nH]c(=O)c4sccc4c23)cc1. The molecule has 0 fully saturated rings. The van der Waals surface area contributed by atoms with E-state index in [-0.39, 0.29) is 11.1 Å². The lowest BCUT2D eigenvalue weighted by Gasteiger charge is -2.18. The van der Waals surface area contributed by atoms with Crippen LogP contribution in [0.2, 0.25) is 0 Å². The quantitative estimate of drug-likeness (QED) is 0.134. The molecule has 8 aromatic rings. The molecule has 0 saturated heterocycles. The standard InChI is InChI=1S/C24H27N3OS.C22H23N3OS.C2H6/c1-6-19-20(17-9-7-16(8-10-17)14(2)13-27(4)5)21-18-11-12-29-23(18)24(28)26-22(21)15(3)25-19;1-12(11-23-4)15-5-7-16(8-6-15)18-13(2)24-14(3)20-19(18)17-9-10-27-21(17)22(26)25-20;1-2/h7-12,14H,6,13H2,1-5H3,(H,26,28);5-10,12,23H,11H2,1-4H3,(H,25,26);1-2H3. The van der Waals surface area contributed by atoms with Crippen LogP contribution in [0.3, 0.4) is 0 Å². The first-order valence-corrected chi connectivity index (χ1v) is 22.0. The van der Waals surface area contributed by atoms with Gasteiger partial charge < -0.3 is 20.2 Å². The van der Waals surface area contributed by atoms with Gasteiger partial charge in [0.2, 0.25) is 0 Å². The van der Waals surface area contributed by atoms with Gasteiger partial charge in [-0.3, -0.25) is 19.6 Å². The minimum Gasteiger partial charge on any atom is -0.319 e. The monoisotopic (exact) mass is 812 g/mol. The number of hydrogen-bond donors (Lipinski definition) is 3. The fourth-order valence-corrected chi connectivity index (χ4v) is 9.71. The second-order valence-electron chi connectivity index (χ2n) is 15.1. The Labute approximate surface area is 349 Å². The normalized spacial score (nSPS) is 12.5. The first kappa shape index (κ1) is 42.6. The van der Waals surface area contributed by atoms with Crippen molar-refractivity contribution < 1.29 is 0 Å². The lowest BCUT2D eigenvalue weighted by molar-refractivity contribution is 0.383. The van der Waals surface area contributed by atoms with Crippen LogP contribution in [-0.2, 0) is 6.42 Å². The predicted molar refractivity (Wildman–Crippen MR) is 251 cm³/mol. The summed E-state index contributed by atoms with van der Waals surface area (Å²) in [6.45, 7) is 18.6. The highest BCUT2D eigenvalue weighted by molar-refractivity contribution is 7.17. The molecule has 0 bridgehead atoms. The Hall–Kier alpha value is -5.00. The fraction of sp³-hybridized carbons (Fsp3) is 0.333. The molecule has 6 aromatic heterocycles. The number of likely N-dealkylation sites (N-methyl/N-ethyl adjacent to an activating group) is 2. The van der Waals surface area contributed by atoms with E-state index in [9.17, 15) is 9.59 Å². The van der Waals surface area contributed by atoms with Crippen LogP contribution in [0.4, 0.5) is 0 Å². The molecule has 8 nitrogen and oxygen atoms in total. The first-order chi connectivity index (χ1) is 27.9. The molecule has 10 heteroatoms. The number of hydrogen-bond acceptors (Lipinski definition) is 8. The van der Waals surface area contributed by atoms with Crippen LogP contribution in [0, 0.1) is 20.8 Å². The van der Waals surface area contributed by atoms with Gasteiger partial charge in [0, 0.05) is 57.1 Å². The van der Waals surface area contributed by atoms with Crippen LogP contribution < -0.4 is 16.4 Å². The highest BCUT2D eigenvalue weighted by Crippen LogP contribution is 2.39. The van der Waals surface area contributed by atoms with Gasteiger partial charge in [0.1, 0.15) is 9.40 Å². The zero-order valence-electron chi connectivity index (χ0n) is 35.7. The van der Waals surface area contributed by atoms with E-state index in [1.165, 1.54) is 33.8 Å². The summed E-state index contributed by atoms with van der Waals surface area (Å²) in [5.41, 5.74) is 12.6. The number of aryl methyl sites for hydroxylation is 4. The lowest BCUT2D eigenvalue weighted by atomic mass is 9.92. The van der Waals surface area contributed by atoms with E-state index < -0.39 is 0 Å². The zero-order chi connectivity index (χ0) is 41.8. The minimum atomic E-state index is -0.0385. The van der Waals surface area contributed by atoms with Gasteiger partial charge in [-0.05, 0) is 105 Å². The summed E-state index contributed by atoms with van der Waals surface area (Å²) in [6, 6.07) is 21.7. The molecule has 0 spiro atoms. The Balaban J connectivity index is 0.000000188. The Morgan fingerprint density at radius 3 is 1.62 bits per heavy atom. The van der Waals surface area contributed by atoms with Crippen molar-refractivity contribution in [2.75, 3.05) is 34.2 Å². The Bertz CT molecular complexity index is 2810. The third kappa shape index (κ3) is 8.29. The van der Waals surface area contributed by atoms with Crippen LogP contribution >= 0.6 is 22.7 Å². The van der Waals surface area contributed by atoms with Crippen molar-refractivity contribution in [3.63, 3.8) is 0 Å². The topological polar surface area (TPSA) is 107 Å². The third-order valence-electron chi connectivity index (χ3n) is 10.8. The molecular formula is C48H56N6O2S2. The number of rotatable bonds is 9. The van der Waals surface area contributed by atoms with Crippen LogP contribution in [0.25, 0.3) is 64.2 Å².